The van der Waals surface area contributed by atoms with E-state index in [0.29, 0.717) is 23.1 Å². The van der Waals surface area contributed by atoms with Crippen molar-refractivity contribution in [1.29, 1.82) is 0 Å². The molecule has 1 aliphatic carbocycles. The van der Waals surface area contributed by atoms with Crippen LogP contribution >= 0.6 is 31.9 Å². The van der Waals surface area contributed by atoms with Crippen LogP contribution in [0.2, 0.25) is 0 Å². The van der Waals surface area contributed by atoms with Gasteiger partial charge in [0.15, 0.2) is 11.6 Å². The zero-order valence-corrected chi connectivity index (χ0v) is 15.9. The molecule has 0 heterocycles. The van der Waals surface area contributed by atoms with Crippen molar-refractivity contribution in [2.75, 3.05) is 0 Å². The van der Waals surface area contributed by atoms with Gasteiger partial charge in [0, 0.05) is 21.2 Å². The van der Waals surface area contributed by atoms with Crippen molar-refractivity contribution < 1.29 is 9.59 Å². The number of hydrogen-bond donors (Lipinski definition) is 0. The second-order valence-electron chi connectivity index (χ2n) is 5.59. The lowest BCUT2D eigenvalue weighted by Crippen LogP contribution is -2.31. The summed E-state index contributed by atoms with van der Waals surface area (Å²) < 4.78 is 0.137. The van der Waals surface area contributed by atoms with Gasteiger partial charge in [-0.15, -0.1) is 0 Å². The van der Waals surface area contributed by atoms with Gasteiger partial charge in [-0.2, -0.15) is 0 Å². The predicted octanol–water partition coefficient (Wildman–Crippen LogP) is 5.53. The molecule has 0 saturated heterocycles. The van der Waals surface area contributed by atoms with Crippen LogP contribution in [0.5, 0.6) is 0 Å². The summed E-state index contributed by atoms with van der Waals surface area (Å²) in [6.07, 6.45) is 5.76. The fourth-order valence-corrected chi connectivity index (χ4v) is 3.34. The number of ketones is 2. The second-order valence-corrected chi connectivity index (χ2v) is 7.92. The molecule has 0 saturated carbocycles. The lowest BCUT2D eigenvalue weighted by atomic mass is 9.87. The summed E-state index contributed by atoms with van der Waals surface area (Å²) in [5.41, 5.74) is 1.88. The molecule has 1 atom stereocenters. The maximum Gasteiger partial charge on any atom is 0.192 e. The quantitative estimate of drug-likeness (QED) is 0.457. The van der Waals surface area contributed by atoms with Gasteiger partial charge in [0.2, 0.25) is 0 Å². The van der Waals surface area contributed by atoms with Crippen LogP contribution in [0.4, 0.5) is 0 Å². The molecular weight excluding hydrogens is 432 g/mol. The van der Waals surface area contributed by atoms with Gasteiger partial charge in [0.05, 0.1) is 0 Å². The smallest absolute Gasteiger partial charge is 0.192 e. The Morgan fingerprint density at radius 3 is 2.17 bits per heavy atom. The first-order valence-corrected chi connectivity index (χ1v) is 9.07. The van der Waals surface area contributed by atoms with E-state index >= 15 is 0 Å². The van der Waals surface area contributed by atoms with Gasteiger partial charge in [-0.3, -0.25) is 9.59 Å². The molecule has 1 aliphatic rings. The molecule has 0 N–H and O–H groups in total. The van der Waals surface area contributed by atoms with E-state index in [4.69, 9.17) is 0 Å². The molecule has 2 aromatic rings. The zero-order chi connectivity index (χ0) is 17.2. The highest BCUT2D eigenvalue weighted by Crippen LogP contribution is 2.34. The molecule has 0 aliphatic heterocycles. The Balaban J connectivity index is 1.79. The summed E-state index contributed by atoms with van der Waals surface area (Å²) in [5.74, 6) is -0.0498. The molecule has 1 unspecified atom stereocenters. The first-order chi connectivity index (χ1) is 11.5. The number of hydrogen-bond acceptors (Lipinski definition) is 2. The number of Topliss-reactive ketones (excluding diaryl/α,β-unsaturated/α-hetero) is 2. The third kappa shape index (κ3) is 3.50. The Morgan fingerprint density at radius 1 is 0.917 bits per heavy atom. The molecule has 0 amide bonds. The molecule has 0 aromatic heterocycles. The van der Waals surface area contributed by atoms with E-state index in [-0.39, 0.29) is 11.6 Å². The molecule has 0 spiro atoms. The predicted molar refractivity (Wildman–Crippen MR) is 103 cm³/mol. The summed E-state index contributed by atoms with van der Waals surface area (Å²) in [5, 5.41) is 0. The van der Waals surface area contributed by atoms with E-state index in [2.05, 4.69) is 31.9 Å². The summed E-state index contributed by atoms with van der Waals surface area (Å²) >= 11 is 6.90. The Morgan fingerprint density at radius 2 is 1.58 bits per heavy atom. The van der Waals surface area contributed by atoms with Crippen LogP contribution in [0.1, 0.15) is 27.1 Å². The molecule has 4 heteroatoms. The Kier molecular flexibility index (Phi) is 4.97. The molecule has 2 aromatic carbocycles. The van der Waals surface area contributed by atoms with Gasteiger partial charge in [-0.25, -0.2) is 0 Å². The fourth-order valence-electron chi connectivity index (χ4n) is 2.55. The lowest BCUT2D eigenvalue weighted by Gasteiger charge is -2.24. The number of benzene rings is 2. The van der Waals surface area contributed by atoms with Crippen molar-refractivity contribution >= 4 is 43.4 Å². The summed E-state index contributed by atoms with van der Waals surface area (Å²) in [6, 6.07) is 16.4. The van der Waals surface area contributed by atoms with E-state index in [0.717, 1.165) is 4.47 Å². The SMILES string of the molecule is O=C(C1=CCC(Br)(C(=O)c2ccccc2)C=C1)c1ccc(Br)cc1. The van der Waals surface area contributed by atoms with Crippen molar-refractivity contribution in [2.24, 2.45) is 0 Å². The van der Waals surface area contributed by atoms with Crippen LogP contribution in [0.15, 0.2) is 82.9 Å². The Bertz CT molecular complexity index is 836. The first-order valence-electron chi connectivity index (χ1n) is 7.48. The third-order valence-corrected chi connectivity index (χ3v) is 5.41. The van der Waals surface area contributed by atoms with E-state index < -0.39 is 4.32 Å². The minimum absolute atomic E-state index is 0.00857. The van der Waals surface area contributed by atoms with E-state index in [9.17, 15) is 9.59 Å². The maximum absolute atomic E-state index is 12.7. The largest absolute Gasteiger partial charge is 0.292 e. The van der Waals surface area contributed by atoms with Crippen molar-refractivity contribution in [2.45, 2.75) is 10.7 Å². The Hall–Kier alpha value is -1.78. The molecule has 3 rings (SSSR count). The zero-order valence-electron chi connectivity index (χ0n) is 12.7. The van der Waals surface area contributed by atoms with Crippen molar-refractivity contribution in [1.82, 2.24) is 0 Å². The van der Waals surface area contributed by atoms with Crippen LogP contribution < -0.4 is 0 Å². The first kappa shape index (κ1) is 17.1. The molecule has 0 bridgehead atoms. The maximum atomic E-state index is 12.7. The third-order valence-electron chi connectivity index (χ3n) is 3.93. The van der Waals surface area contributed by atoms with Crippen LogP contribution in [-0.2, 0) is 0 Å². The molecule has 120 valence electrons. The standard InChI is InChI=1S/C20H14Br2O2/c21-17-8-6-14(7-9-17)18(23)15-10-12-20(22,13-11-15)19(24)16-4-2-1-3-5-16/h1-12H,13H2. The number of alkyl halides is 1. The highest BCUT2D eigenvalue weighted by atomic mass is 79.9. The van der Waals surface area contributed by atoms with Gasteiger partial charge in [-0.1, -0.05) is 80.4 Å². The molecule has 24 heavy (non-hydrogen) atoms. The van der Waals surface area contributed by atoms with Gasteiger partial charge < -0.3 is 0 Å². The highest BCUT2D eigenvalue weighted by Gasteiger charge is 2.34. The van der Waals surface area contributed by atoms with E-state index in [1.54, 1.807) is 36.4 Å². The monoisotopic (exact) mass is 444 g/mol. The average Bonchev–Trinajstić information content (AvgIpc) is 2.62. The summed E-state index contributed by atoms with van der Waals surface area (Å²) in [6.45, 7) is 0. The second kappa shape index (κ2) is 6.99. The number of allylic oxidation sites excluding steroid dienone is 4. The van der Waals surface area contributed by atoms with Crippen LogP contribution in [-0.4, -0.2) is 15.9 Å². The number of halogens is 2. The minimum Gasteiger partial charge on any atom is -0.292 e. The molecular formula is C20H14Br2O2. The highest BCUT2D eigenvalue weighted by molar-refractivity contribution is 9.10. The van der Waals surface area contributed by atoms with Gasteiger partial charge in [-0.05, 0) is 30.7 Å². The lowest BCUT2D eigenvalue weighted by molar-refractivity contribution is 0.0962. The average molecular weight is 446 g/mol. The fraction of sp³-hybridized carbons (Fsp3) is 0.100. The van der Waals surface area contributed by atoms with Crippen LogP contribution in [0.25, 0.3) is 0 Å². The summed E-state index contributed by atoms with van der Waals surface area (Å²) in [7, 11) is 0. The number of carbonyl (C=O) groups is 2. The van der Waals surface area contributed by atoms with Crippen molar-refractivity contribution in [3.8, 4) is 0 Å². The normalized spacial score (nSPS) is 19.7. The summed E-state index contributed by atoms with van der Waals surface area (Å²) in [4.78, 5) is 25.2. The van der Waals surface area contributed by atoms with Gasteiger partial charge in [0.1, 0.15) is 4.32 Å². The molecule has 2 nitrogen and oxygen atoms in total. The van der Waals surface area contributed by atoms with Crippen molar-refractivity contribution in [3.63, 3.8) is 0 Å². The van der Waals surface area contributed by atoms with Gasteiger partial charge in [0.25, 0.3) is 0 Å². The van der Waals surface area contributed by atoms with Gasteiger partial charge >= 0.3 is 0 Å². The van der Waals surface area contributed by atoms with E-state index in [1.165, 1.54) is 0 Å². The van der Waals surface area contributed by atoms with Crippen LogP contribution in [0, 0.1) is 0 Å². The van der Waals surface area contributed by atoms with Crippen molar-refractivity contribution in [3.05, 3.63) is 94.0 Å². The molecule has 0 fully saturated rings. The Labute approximate surface area is 157 Å². The minimum atomic E-state index is -0.794. The number of carbonyl (C=O) groups excluding carboxylic acids is 2. The molecule has 0 radical (unpaired) electrons. The topological polar surface area (TPSA) is 34.1 Å². The van der Waals surface area contributed by atoms with E-state index in [1.807, 2.05) is 36.4 Å². The number of rotatable bonds is 4. The van der Waals surface area contributed by atoms with Crippen LogP contribution in [0.3, 0.4) is 0 Å².